The van der Waals surface area contributed by atoms with Crippen LogP contribution < -0.4 is 59.3 Å². The van der Waals surface area contributed by atoms with Crippen molar-refractivity contribution in [2.24, 2.45) is 11.5 Å². The maximum absolute atomic E-state index is 15.4. The van der Waals surface area contributed by atoms with Gasteiger partial charge in [-0.05, 0) is 91.0 Å². The number of nitrogens with two attached hydrogens (primary N) is 2. The van der Waals surface area contributed by atoms with E-state index in [0.29, 0.717) is 17.7 Å². The highest BCUT2D eigenvalue weighted by Gasteiger charge is 2.53. The van der Waals surface area contributed by atoms with E-state index in [4.69, 9.17) is 54.1 Å². The Balaban J connectivity index is 1.63. The minimum Gasteiger partial charge on any atom is -0.508 e. The fourth-order valence-corrected chi connectivity index (χ4v) is 14.9. The summed E-state index contributed by atoms with van der Waals surface area (Å²) in [6, 6.07) is -10.9. The number of phenols is 1. The summed E-state index contributed by atoms with van der Waals surface area (Å²) < 4.78 is 51.8. The lowest BCUT2D eigenvalue weighted by Crippen LogP contribution is -2.67. The largest absolute Gasteiger partial charge is 0.508 e. The monoisotopic (exact) mass is 1860 g/mol. The van der Waals surface area contributed by atoms with Crippen LogP contribution in [0.4, 0.5) is 0 Å². The minimum atomic E-state index is -2.40. The van der Waals surface area contributed by atoms with Gasteiger partial charge >= 0.3 is 17.9 Å². The lowest BCUT2D eigenvalue weighted by Gasteiger charge is -2.46. The number of cyclic esters (lactones) is 1. The Hall–Kier alpha value is -9.34. The molecule has 1 aromatic carbocycles. The second kappa shape index (κ2) is 55.9. The van der Waals surface area contributed by atoms with Crippen molar-refractivity contribution in [3.05, 3.63) is 41.6 Å². The fraction of sp³-hybridized carbons (Fsp3) is 0.738. The number of hydrogen-bond donors (Lipinski definition) is 22. The standard InChI is InChI=1S/C84H136N12O34/c1-11-13-14-15-16-17-18-19-20-21-22-23-24-28-55(127-83-70(112)71(54(104)39-123-83)130-82-63(88-45(7)100)67(109)65(107)56(38-97)128-82)66(108)80(120)94-61(42(4)99)77(117)95-62-43(5)124-81(121)52(27-25-26-35-85)91-79(119)64(44(6)125-84-69(111)68(110)72(126-47(9)102)57(129-84)40-122-46(8)101)96(10)59(106)37-87-73(113)51(33-34-58(86)105)90-74(114)50(12-2)89-75(115)53(36-48-29-31-49(103)32-30-48)92-76(116)60(41(3)98)93-78(62)118/h12,29-32,41-44,51-57,60-72,82-84,97-99,103-104,107-112H,11,13-28,33-40,85H2,1-10H3,(H2,86,105)(H,87,113)(H,88,100)(H,89,115)(H,90,114)(H,91,119)(H,92,116)(H,93,118)(H,94,120)(H,95,117). The van der Waals surface area contributed by atoms with Gasteiger partial charge in [0.25, 0.3) is 11.8 Å². The lowest BCUT2D eigenvalue weighted by molar-refractivity contribution is -0.339. The number of aliphatic hydroxyl groups excluding tert-OH is 10. The molecule has 4 heterocycles. The number of allylic oxidation sites excluding steroid dienone is 1. The van der Waals surface area contributed by atoms with Crippen molar-refractivity contribution >= 4 is 82.9 Å². The first-order valence-corrected chi connectivity index (χ1v) is 44.0. The van der Waals surface area contributed by atoms with Gasteiger partial charge in [-0.1, -0.05) is 109 Å². The van der Waals surface area contributed by atoms with Crippen molar-refractivity contribution < 1.29 is 166 Å². The van der Waals surface area contributed by atoms with Crippen LogP contribution in [0.2, 0.25) is 0 Å². The summed E-state index contributed by atoms with van der Waals surface area (Å²) in [7, 11) is 1.00. The first-order valence-electron chi connectivity index (χ1n) is 44.0. The number of esters is 3. The molecule has 0 bridgehead atoms. The summed E-state index contributed by atoms with van der Waals surface area (Å²) in [6.45, 7) is 7.18. The minimum absolute atomic E-state index is 0.0227. The van der Waals surface area contributed by atoms with E-state index in [-0.39, 0.29) is 43.5 Å². The zero-order valence-corrected chi connectivity index (χ0v) is 75.1. The molecule has 4 aliphatic heterocycles. The van der Waals surface area contributed by atoms with Gasteiger partial charge in [0.2, 0.25) is 53.2 Å². The molecule has 4 aliphatic rings. The maximum Gasteiger partial charge on any atom is 0.328 e. The van der Waals surface area contributed by atoms with Crippen LogP contribution >= 0.6 is 0 Å². The van der Waals surface area contributed by atoms with Gasteiger partial charge in [0.05, 0.1) is 44.2 Å². The number of primary amides is 1. The summed E-state index contributed by atoms with van der Waals surface area (Å²) >= 11 is 0. The topological polar surface area (TPSA) is 708 Å². The van der Waals surface area contributed by atoms with Crippen LogP contribution in [-0.4, -0.2) is 349 Å². The van der Waals surface area contributed by atoms with Gasteiger partial charge in [-0.3, -0.25) is 62.3 Å². The zero-order chi connectivity index (χ0) is 96.9. The average molecular weight is 1860 g/mol. The summed E-state index contributed by atoms with van der Waals surface area (Å²) in [5, 5.41) is 144. The maximum atomic E-state index is 15.4. The highest BCUT2D eigenvalue weighted by Crippen LogP contribution is 2.32. The van der Waals surface area contributed by atoms with E-state index in [2.05, 4.69) is 54.8 Å². The van der Waals surface area contributed by atoms with Crippen LogP contribution in [0.1, 0.15) is 190 Å². The van der Waals surface area contributed by atoms with Crippen LogP contribution in [0, 0.1) is 0 Å². The molecule has 11 amide bonds. The smallest absolute Gasteiger partial charge is 0.328 e. The van der Waals surface area contributed by atoms with Crippen LogP contribution in [0.3, 0.4) is 0 Å². The van der Waals surface area contributed by atoms with E-state index < -0.39 is 306 Å². The molecular formula is C84H136N12O34. The quantitative estimate of drug-likeness (QED) is 0.0125. The SMILES string of the molecule is CC=C1NC(=O)C(Cc2ccc(O)cc2)NC(=O)C(C(C)O)NC(=O)C(NC(=O)C(NC(=O)C(O)C(CCCCCCCCCCCCCCC)OC2OCC(O)C(OC3OC(CO)C(O)C(O)C3NC(C)=O)C2O)C(C)O)C(C)OC(=O)C(CCCCN)NC(=O)C(C(C)OC2OC(COC(C)=O)C(OC(C)=O)C(O)C2O)N(C)C(=O)CNC(=O)C(CCC(N)=O)NC1=O. The van der Waals surface area contributed by atoms with Crippen LogP contribution in [0.15, 0.2) is 36.0 Å². The van der Waals surface area contributed by atoms with Crippen molar-refractivity contribution in [3.63, 3.8) is 0 Å². The number of aliphatic hydroxyl groups is 10. The predicted octanol–water partition coefficient (Wildman–Crippen LogP) is -6.11. The van der Waals surface area contributed by atoms with Crippen molar-refractivity contribution in [2.45, 2.75) is 356 Å². The summed E-state index contributed by atoms with van der Waals surface area (Å²) in [6.07, 6.45) is -25.3. The molecule has 4 saturated heterocycles. The highest BCUT2D eigenvalue weighted by molar-refractivity contribution is 6.02. The van der Waals surface area contributed by atoms with Gasteiger partial charge < -0.3 is 163 Å². The summed E-state index contributed by atoms with van der Waals surface area (Å²) in [5.74, 6) is -17.3. The number of amides is 11. The van der Waals surface area contributed by atoms with Crippen molar-refractivity contribution in [2.75, 3.05) is 40.0 Å². The number of ether oxygens (including phenoxy) is 9. The van der Waals surface area contributed by atoms with Gasteiger partial charge in [0.15, 0.2) is 31.1 Å². The third kappa shape index (κ3) is 35.0. The van der Waals surface area contributed by atoms with Gasteiger partial charge in [-0.25, -0.2) is 4.79 Å². The number of hydrogen-bond acceptors (Lipinski definition) is 35. The van der Waals surface area contributed by atoms with Crippen molar-refractivity contribution in [3.8, 4) is 5.75 Å². The first-order chi connectivity index (χ1) is 61.5. The van der Waals surface area contributed by atoms with Gasteiger partial charge in [0.1, 0.15) is 127 Å². The summed E-state index contributed by atoms with van der Waals surface area (Å²) in [5.41, 5.74) is 11.0. The molecule has 1 aromatic rings. The number of benzene rings is 1. The number of phenolic OH excluding ortho intramolecular Hbond substituents is 1. The molecule has 0 spiro atoms. The second-order valence-corrected chi connectivity index (χ2v) is 32.9. The number of rotatable bonds is 42. The molecule has 5 rings (SSSR count). The number of carbonyl (C=O) groups excluding carboxylic acids is 14. The number of aromatic hydroxyl groups is 1. The lowest BCUT2D eigenvalue weighted by atomic mass is 9.96. The second-order valence-electron chi connectivity index (χ2n) is 32.9. The average Bonchev–Trinajstić information content (AvgIpc) is 0.794. The number of unbranched alkanes of at least 4 members (excludes halogenated alkanes) is 13. The normalized spacial score (nSPS) is 29.7. The first kappa shape index (κ1) is 111. The van der Waals surface area contributed by atoms with E-state index in [0.717, 1.165) is 113 Å². The molecule has 0 aromatic heterocycles. The van der Waals surface area contributed by atoms with E-state index >= 15 is 19.2 Å². The molecule has 4 fully saturated rings. The number of likely N-dealkylation sites (N-methyl/N-ethyl adjacent to an activating group) is 1. The Labute approximate surface area is 753 Å². The van der Waals surface area contributed by atoms with Crippen molar-refractivity contribution in [1.82, 2.24) is 52.8 Å². The summed E-state index contributed by atoms with van der Waals surface area (Å²) in [4.78, 5) is 198. The number of nitrogens with zero attached hydrogens (tertiary/aromatic N) is 1. The molecule has 0 radical (unpaired) electrons. The van der Waals surface area contributed by atoms with Crippen LogP contribution in [0.5, 0.6) is 5.75 Å². The van der Waals surface area contributed by atoms with Crippen LogP contribution in [0.25, 0.3) is 0 Å². The Morgan fingerprint density at radius 2 is 1.27 bits per heavy atom. The Bertz CT molecular complexity index is 3870. The molecule has 46 heteroatoms. The van der Waals surface area contributed by atoms with Crippen LogP contribution in [-0.2, 0) is 116 Å². The molecule has 27 unspecified atom stereocenters. The fourth-order valence-electron chi connectivity index (χ4n) is 14.9. The molecule has 27 atom stereocenters. The third-order valence-corrected chi connectivity index (χ3v) is 22.3. The van der Waals surface area contributed by atoms with Gasteiger partial charge in [-0.2, -0.15) is 0 Å². The Morgan fingerprint density at radius 1 is 0.654 bits per heavy atom. The zero-order valence-electron chi connectivity index (χ0n) is 75.1. The number of nitrogens with one attached hydrogen (secondary N) is 9. The molecule has 46 nitrogen and oxygen atoms in total. The van der Waals surface area contributed by atoms with E-state index in [9.17, 15) is 104 Å². The molecule has 736 valence electrons. The third-order valence-electron chi connectivity index (χ3n) is 22.3. The van der Waals surface area contributed by atoms with Gasteiger partial charge in [-0.15, -0.1) is 0 Å². The Morgan fingerprint density at radius 3 is 1.84 bits per heavy atom. The molecular weight excluding hydrogens is 1720 g/mol. The molecule has 0 aliphatic carbocycles. The van der Waals surface area contributed by atoms with Crippen molar-refractivity contribution in [1.29, 1.82) is 0 Å². The molecule has 24 N–H and O–H groups in total. The highest BCUT2D eigenvalue weighted by atomic mass is 16.7. The molecule has 130 heavy (non-hydrogen) atoms. The predicted molar refractivity (Wildman–Crippen MR) is 452 cm³/mol. The van der Waals surface area contributed by atoms with E-state index in [1.807, 2.05) is 0 Å². The molecule has 0 saturated carbocycles. The van der Waals surface area contributed by atoms with E-state index in [1.54, 1.807) is 0 Å². The Kier molecular flexibility index (Phi) is 47.8. The number of carbonyl (C=O) groups is 14. The van der Waals surface area contributed by atoms with E-state index in [1.165, 1.54) is 44.0 Å². The van der Waals surface area contributed by atoms with Gasteiger partial charge in [0, 0.05) is 40.7 Å².